The van der Waals surface area contributed by atoms with Crippen LogP contribution in [0.5, 0.6) is 5.75 Å². The summed E-state index contributed by atoms with van der Waals surface area (Å²) < 4.78 is 1.90. The number of rotatable bonds is 2. The van der Waals surface area contributed by atoms with Crippen LogP contribution in [0.15, 0.2) is 28.4 Å². The number of hydrogen-bond acceptors (Lipinski definition) is 4. The van der Waals surface area contributed by atoms with Crippen molar-refractivity contribution in [2.75, 3.05) is 0 Å². The second-order valence-corrected chi connectivity index (χ2v) is 9.79. The van der Waals surface area contributed by atoms with E-state index in [0.717, 1.165) is 35.7 Å². The number of hydrogen-bond donors (Lipinski definition) is 1. The third-order valence-electron chi connectivity index (χ3n) is 8.38. The summed E-state index contributed by atoms with van der Waals surface area (Å²) in [7, 11) is 1.97. The lowest BCUT2D eigenvalue weighted by molar-refractivity contribution is 0.0955. The van der Waals surface area contributed by atoms with Gasteiger partial charge in [0.25, 0.3) is 0 Å². The first kappa shape index (κ1) is 19.5. The third kappa shape index (κ3) is 2.93. The van der Waals surface area contributed by atoms with Crippen molar-refractivity contribution >= 4 is 11.9 Å². The first-order chi connectivity index (χ1) is 14.4. The van der Waals surface area contributed by atoms with Gasteiger partial charge >= 0.3 is 0 Å². The van der Waals surface area contributed by atoms with Crippen LogP contribution < -0.4 is 0 Å². The SMILES string of the molecule is Cc1nn(C)c(C)c1C=NN=C1CC[C@@H]2[C@@H]3CCc4cc(O)ccc4[C@H]3CC[C@]12C. The molecule has 5 rings (SSSR count). The maximum atomic E-state index is 9.88. The summed E-state index contributed by atoms with van der Waals surface area (Å²) in [4.78, 5) is 0. The van der Waals surface area contributed by atoms with E-state index in [1.807, 2.05) is 37.0 Å². The van der Waals surface area contributed by atoms with Crippen LogP contribution >= 0.6 is 0 Å². The molecule has 4 atom stereocenters. The Morgan fingerprint density at radius 2 is 2.03 bits per heavy atom. The Morgan fingerprint density at radius 1 is 1.20 bits per heavy atom. The van der Waals surface area contributed by atoms with Crippen LogP contribution in [0.3, 0.4) is 0 Å². The van der Waals surface area contributed by atoms with Crippen molar-refractivity contribution < 1.29 is 5.11 Å². The average molecular weight is 405 g/mol. The molecular formula is C25H32N4O. The summed E-state index contributed by atoms with van der Waals surface area (Å²) in [6.07, 6.45) is 8.88. The van der Waals surface area contributed by atoms with Gasteiger partial charge in [-0.15, -0.1) is 0 Å². The molecule has 1 N–H and O–H groups in total. The minimum Gasteiger partial charge on any atom is -0.508 e. The van der Waals surface area contributed by atoms with E-state index in [9.17, 15) is 5.11 Å². The van der Waals surface area contributed by atoms with E-state index < -0.39 is 0 Å². The molecule has 0 radical (unpaired) electrons. The lowest BCUT2D eigenvalue weighted by atomic mass is 9.55. The summed E-state index contributed by atoms with van der Waals surface area (Å²) in [6.45, 7) is 6.53. The van der Waals surface area contributed by atoms with Gasteiger partial charge in [0.15, 0.2) is 0 Å². The van der Waals surface area contributed by atoms with Crippen LogP contribution in [-0.2, 0) is 13.5 Å². The van der Waals surface area contributed by atoms with Gasteiger partial charge in [-0.1, -0.05) is 13.0 Å². The molecule has 5 heteroatoms. The molecule has 1 aromatic heterocycles. The lowest BCUT2D eigenvalue weighted by Gasteiger charge is -2.49. The molecule has 0 aliphatic heterocycles. The number of fused-ring (bicyclic) bond motifs is 5. The average Bonchev–Trinajstić information content (AvgIpc) is 3.18. The van der Waals surface area contributed by atoms with E-state index in [1.54, 1.807) is 0 Å². The van der Waals surface area contributed by atoms with Gasteiger partial charge in [0, 0.05) is 29.4 Å². The molecule has 0 amide bonds. The van der Waals surface area contributed by atoms with Gasteiger partial charge in [-0.25, -0.2) is 0 Å². The Labute approximate surface area is 178 Å². The molecule has 0 spiro atoms. The second kappa shape index (κ2) is 7.07. The van der Waals surface area contributed by atoms with E-state index in [0.29, 0.717) is 17.6 Å². The molecule has 0 saturated heterocycles. The molecule has 2 aromatic rings. The predicted octanol–water partition coefficient (Wildman–Crippen LogP) is 5.07. The fraction of sp³-hybridized carbons (Fsp3) is 0.560. The van der Waals surface area contributed by atoms with E-state index in [1.165, 1.54) is 42.5 Å². The van der Waals surface area contributed by atoms with Gasteiger partial charge in [0.1, 0.15) is 5.75 Å². The van der Waals surface area contributed by atoms with Gasteiger partial charge in [-0.2, -0.15) is 15.3 Å². The van der Waals surface area contributed by atoms with E-state index >= 15 is 0 Å². The fourth-order valence-electron chi connectivity index (χ4n) is 6.65. The summed E-state index contributed by atoms with van der Waals surface area (Å²) in [5, 5.41) is 23.6. The second-order valence-electron chi connectivity index (χ2n) is 9.79. The highest BCUT2D eigenvalue weighted by molar-refractivity contribution is 5.93. The van der Waals surface area contributed by atoms with Crippen LogP contribution in [0.2, 0.25) is 0 Å². The van der Waals surface area contributed by atoms with Gasteiger partial charge < -0.3 is 5.11 Å². The molecule has 0 bridgehead atoms. The van der Waals surface area contributed by atoms with Crippen molar-refractivity contribution in [1.82, 2.24) is 9.78 Å². The van der Waals surface area contributed by atoms with Crippen molar-refractivity contribution in [2.45, 2.75) is 65.2 Å². The monoisotopic (exact) mass is 404 g/mol. The third-order valence-corrected chi connectivity index (χ3v) is 8.38. The van der Waals surface area contributed by atoms with Gasteiger partial charge in [-0.05, 0) is 93.4 Å². The molecule has 3 aliphatic rings. The molecule has 30 heavy (non-hydrogen) atoms. The molecule has 2 saturated carbocycles. The van der Waals surface area contributed by atoms with E-state index in [2.05, 4.69) is 30.1 Å². The standard InChI is InChI=1S/C25H32N4O/c1-15-22(16(2)29(4)28-15)14-26-27-24-10-9-23-21-7-5-17-13-18(30)6-8-19(17)20(21)11-12-25(23,24)3/h6,8,13-14,20-21,23,30H,5,7,9-12H2,1-4H3/t20-,21-,23-,25+/m1/s1. The number of benzene rings is 1. The van der Waals surface area contributed by atoms with Gasteiger partial charge in [-0.3, -0.25) is 4.68 Å². The van der Waals surface area contributed by atoms with Crippen molar-refractivity contribution in [2.24, 2.45) is 34.5 Å². The van der Waals surface area contributed by atoms with Crippen molar-refractivity contribution in [3.8, 4) is 5.75 Å². The topological polar surface area (TPSA) is 62.8 Å². The normalized spacial score (nSPS) is 31.7. The molecule has 3 aliphatic carbocycles. The highest BCUT2D eigenvalue weighted by atomic mass is 16.3. The van der Waals surface area contributed by atoms with Crippen LogP contribution in [0.1, 0.15) is 73.0 Å². The number of phenols is 1. The minimum absolute atomic E-state index is 0.173. The van der Waals surface area contributed by atoms with Crippen LogP contribution in [0, 0.1) is 31.1 Å². The van der Waals surface area contributed by atoms with E-state index in [4.69, 9.17) is 5.10 Å². The molecule has 158 valence electrons. The molecule has 2 fully saturated rings. The number of aromatic nitrogens is 2. The number of aryl methyl sites for hydroxylation is 3. The maximum absolute atomic E-state index is 9.88. The zero-order valence-corrected chi connectivity index (χ0v) is 18.5. The lowest BCUT2D eigenvalue weighted by Crippen LogP contribution is -2.42. The quantitative estimate of drug-likeness (QED) is 0.561. The predicted molar refractivity (Wildman–Crippen MR) is 120 cm³/mol. The van der Waals surface area contributed by atoms with E-state index in [-0.39, 0.29) is 5.41 Å². The first-order valence-electron chi connectivity index (χ1n) is 11.3. The van der Waals surface area contributed by atoms with Crippen molar-refractivity contribution in [3.05, 3.63) is 46.3 Å². The summed E-state index contributed by atoms with van der Waals surface area (Å²) in [6, 6.07) is 6.03. The van der Waals surface area contributed by atoms with Crippen molar-refractivity contribution in [3.63, 3.8) is 0 Å². The van der Waals surface area contributed by atoms with Gasteiger partial charge in [0.2, 0.25) is 0 Å². The highest BCUT2D eigenvalue weighted by Gasteiger charge is 2.53. The molecule has 1 aromatic carbocycles. The fourth-order valence-corrected chi connectivity index (χ4v) is 6.65. The molecule has 5 nitrogen and oxygen atoms in total. The maximum Gasteiger partial charge on any atom is 0.115 e. The number of phenolic OH excluding ortho intramolecular Hbond substituents is 1. The zero-order valence-electron chi connectivity index (χ0n) is 18.5. The minimum atomic E-state index is 0.173. The largest absolute Gasteiger partial charge is 0.508 e. The number of aromatic hydroxyl groups is 1. The Hall–Kier alpha value is -2.43. The zero-order chi connectivity index (χ0) is 21.0. The Bertz CT molecular complexity index is 1050. The van der Waals surface area contributed by atoms with Crippen LogP contribution in [-0.4, -0.2) is 26.8 Å². The first-order valence-corrected chi connectivity index (χ1v) is 11.3. The Balaban J connectivity index is 1.39. The highest BCUT2D eigenvalue weighted by Crippen LogP contribution is 2.60. The van der Waals surface area contributed by atoms with Crippen molar-refractivity contribution in [1.29, 1.82) is 0 Å². The molecule has 0 unspecified atom stereocenters. The Kier molecular flexibility index (Phi) is 4.60. The summed E-state index contributed by atoms with van der Waals surface area (Å²) in [5.74, 6) is 2.45. The van der Waals surface area contributed by atoms with Gasteiger partial charge in [0.05, 0.1) is 11.9 Å². The molecule has 1 heterocycles. The van der Waals surface area contributed by atoms with Crippen LogP contribution in [0.4, 0.5) is 0 Å². The molecular weight excluding hydrogens is 372 g/mol. The summed E-state index contributed by atoms with van der Waals surface area (Å²) >= 11 is 0. The number of nitrogens with zero attached hydrogens (tertiary/aromatic N) is 4. The van der Waals surface area contributed by atoms with Crippen LogP contribution in [0.25, 0.3) is 0 Å². The Morgan fingerprint density at radius 3 is 2.80 bits per heavy atom. The summed E-state index contributed by atoms with van der Waals surface area (Å²) in [5.41, 5.74) is 7.51. The smallest absolute Gasteiger partial charge is 0.115 e.